The number of carbonyl (C=O) groups is 2. The van der Waals surface area contributed by atoms with Crippen LogP contribution in [0.2, 0.25) is 0 Å². The van der Waals surface area contributed by atoms with Crippen LogP contribution < -0.4 is 5.48 Å². The van der Waals surface area contributed by atoms with E-state index >= 15 is 0 Å². The van der Waals surface area contributed by atoms with Crippen LogP contribution >= 0.6 is 0 Å². The number of hydrogen-bond acceptors (Lipinski definition) is 6. The lowest BCUT2D eigenvalue weighted by Gasteiger charge is -2.22. The Morgan fingerprint density at radius 1 is 1.10 bits per heavy atom. The molecule has 0 aliphatic heterocycles. The molecular weight excluding hydrogens is 260 g/mol. The third kappa shape index (κ3) is 9.75. The molecular formula is C14H28N2O4. The molecule has 0 aliphatic carbocycles. The summed E-state index contributed by atoms with van der Waals surface area (Å²) in [4.78, 5) is 29.8. The van der Waals surface area contributed by atoms with Gasteiger partial charge in [-0.2, -0.15) is 5.48 Å². The molecule has 20 heavy (non-hydrogen) atoms. The summed E-state index contributed by atoms with van der Waals surface area (Å²) in [6, 6.07) is 0. The highest BCUT2D eigenvalue weighted by molar-refractivity contribution is 5.75. The van der Waals surface area contributed by atoms with Crippen LogP contribution in [0.4, 0.5) is 0 Å². The van der Waals surface area contributed by atoms with Gasteiger partial charge in [0, 0.05) is 13.1 Å². The van der Waals surface area contributed by atoms with Crippen molar-refractivity contribution in [1.82, 2.24) is 10.4 Å². The standard InChI is InChI=1S/C14H28N2O4/c1-13(2,3)12(18)20-15-8-9-16(7)10-11(17)19-14(4,5)6/h15H,8-10H2,1-7H3. The van der Waals surface area contributed by atoms with Crippen molar-refractivity contribution in [3.05, 3.63) is 0 Å². The second-order valence-corrected chi connectivity index (χ2v) is 6.86. The number of hydrogen-bond donors (Lipinski definition) is 1. The first kappa shape index (κ1) is 18.9. The largest absolute Gasteiger partial charge is 0.459 e. The summed E-state index contributed by atoms with van der Waals surface area (Å²) in [5, 5.41) is 0. The molecule has 0 radical (unpaired) electrons. The fourth-order valence-corrected chi connectivity index (χ4v) is 1.18. The Bertz CT molecular complexity index is 329. The quantitative estimate of drug-likeness (QED) is 0.452. The Kier molecular flexibility index (Phi) is 7.16. The molecule has 0 aliphatic rings. The van der Waals surface area contributed by atoms with Gasteiger partial charge >= 0.3 is 11.9 Å². The number of esters is 1. The summed E-state index contributed by atoms with van der Waals surface area (Å²) in [6.07, 6.45) is 0. The van der Waals surface area contributed by atoms with E-state index in [0.717, 1.165) is 0 Å². The number of likely N-dealkylation sites (N-methyl/N-ethyl adjacent to an activating group) is 1. The van der Waals surface area contributed by atoms with Crippen molar-refractivity contribution in [2.24, 2.45) is 5.41 Å². The van der Waals surface area contributed by atoms with Crippen molar-refractivity contribution < 1.29 is 19.2 Å². The van der Waals surface area contributed by atoms with Crippen molar-refractivity contribution in [2.75, 3.05) is 26.7 Å². The smallest absolute Gasteiger partial charge is 0.329 e. The summed E-state index contributed by atoms with van der Waals surface area (Å²) in [5.74, 6) is -0.584. The molecule has 6 nitrogen and oxygen atoms in total. The van der Waals surface area contributed by atoms with Gasteiger partial charge < -0.3 is 9.57 Å². The third-order valence-corrected chi connectivity index (χ3v) is 2.19. The third-order valence-electron chi connectivity index (χ3n) is 2.19. The molecule has 1 N–H and O–H groups in total. The Morgan fingerprint density at radius 3 is 2.10 bits per heavy atom. The van der Waals surface area contributed by atoms with Crippen LogP contribution in [-0.4, -0.2) is 49.1 Å². The Hall–Kier alpha value is -1.14. The maximum atomic E-state index is 11.6. The van der Waals surface area contributed by atoms with Crippen LogP contribution in [-0.2, 0) is 19.2 Å². The van der Waals surface area contributed by atoms with Crippen LogP contribution in [0.3, 0.4) is 0 Å². The Balaban J connectivity index is 3.82. The summed E-state index contributed by atoms with van der Waals surface area (Å²) < 4.78 is 5.21. The molecule has 0 unspecified atom stereocenters. The van der Waals surface area contributed by atoms with Gasteiger partial charge in [0.15, 0.2) is 0 Å². The number of rotatable bonds is 6. The molecule has 0 amide bonds. The molecule has 6 heteroatoms. The van der Waals surface area contributed by atoms with Gasteiger partial charge in [0.2, 0.25) is 0 Å². The molecule has 0 spiro atoms. The highest BCUT2D eigenvalue weighted by Gasteiger charge is 2.23. The predicted octanol–water partition coefficient (Wildman–Crippen LogP) is 1.35. The molecule has 0 rings (SSSR count). The summed E-state index contributed by atoms with van der Waals surface area (Å²) >= 11 is 0. The van der Waals surface area contributed by atoms with Crippen LogP contribution in [0.1, 0.15) is 41.5 Å². The highest BCUT2D eigenvalue weighted by Crippen LogP contribution is 2.13. The highest BCUT2D eigenvalue weighted by atomic mass is 16.7. The maximum Gasteiger partial charge on any atom is 0.329 e. The van der Waals surface area contributed by atoms with Gasteiger partial charge in [-0.3, -0.25) is 9.69 Å². The van der Waals surface area contributed by atoms with Gasteiger partial charge in [-0.05, 0) is 48.6 Å². The van der Waals surface area contributed by atoms with Crippen molar-refractivity contribution in [2.45, 2.75) is 47.1 Å². The Labute approximate surface area is 121 Å². The molecule has 0 aromatic rings. The molecule has 0 heterocycles. The van der Waals surface area contributed by atoms with E-state index in [2.05, 4.69) is 5.48 Å². The van der Waals surface area contributed by atoms with E-state index in [1.165, 1.54) is 0 Å². The van der Waals surface area contributed by atoms with Gasteiger partial charge in [-0.15, -0.1) is 0 Å². The summed E-state index contributed by atoms with van der Waals surface area (Å²) in [6.45, 7) is 12.1. The summed E-state index contributed by atoms with van der Waals surface area (Å²) in [5.41, 5.74) is 1.59. The lowest BCUT2D eigenvalue weighted by molar-refractivity contribution is -0.161. The zero-order valence-electron chi connectivity index (χ0n) is 13.7. The number of hydroxylamine groups is 1. The van der Waals surface area contributed by atoms with Crippen molar-refractivity contribution in [1.29, 1.82) is 0 Å². The van der Waals surface area contributed by atoms with Gasteiger partial charge in [0.05, 0.1) is 12.0 Å². The molecule has 0 fully saturated rings. The van der Waals surface area contributed by atoms with E-state index in [-0.39, 0.29) is 18.5 Å². The van der Waals surface area contributed by atoms with Gasteiger partial charge in [-0.25, -0.2) is 4.79 Å². The first-order valence-corrected chi connectivity index (χ1v) is 6.76. The zero-order chi connectivity index (χ0) is 16.0. The monoisotopic (exact) mass is 288 g/mol. The van der Waals surface area contributed by atoms with Gasteiger partial charge in [0.1, 0.15) is 5.60 Å². The number of ether oxygens (including phenoxy) is 1. The van der Waals surface area contributed by atoms with E-state index in [1.807, 2.05) is 20.8 Å². The van der Waals surface area contributed by atoms with Crippen LogP contribution in [0.15, 0.2) is 0 Å². The maximum absolute atomic E-state index is 11.6. The van der Waals surface area contributed by atoms with E-state index in [9.17, 15) is 9.59 Å². The fraction of sp³-hybridized carbons (Fsp3) is 0.857. The topological polar surface area (TPSA) is 67.9 Å². The summed E-state index contributed by atoms with van der Waals surface area (Å²) in [7, 11) is 1.80. The van der Waals surface area contributed by atoms with E-state index < -0.39 is 11.0 Å². The van der Waals surface area contributed by atoms with E-state index in [1.54, 1.807) is 32.7 Å². The normalized spacial score (nSPS) is 12.4. The fourth-order valence-electron chi connectivity index (χ4n) is 1.18. The van der Waals surface area contributed by atoms with E-state index in [4.69, 9.17) is 9.57 Å². The van der Waals surface area contributed by atoms with Crippen LogP contribution in [0.5, 0.6) is 0 Å². The number of carbonyl (C=O) groups excluding carboxylic acids is 2. The van der Waals surface area contributed by atoms with Gasteiger partial charge in [-0.1, -0.05) is 0 Å². The number of nitrogens with one attached hydrogen (secondary N) is 1. The minimum absolute atomic E-state index is 0.201. The molecule has 0 saturated heterocycles. The second-order valence-electron chi connectivity index (χ2n) is 6.86. The average molecular weight is 288 g/mol. The SMILES string of the molecule is CN(CCNOC(=O)C(C)(C)C)CC(=O)OC(C)(C)C. The van der Waals surface area contributed by atoms with Crippen LogP contribution in [0.25, 0.3) is 0 Å². The number of nitrogens with zero attached hydrogens (tertiary/aromatic N) is 1. The second kappa shape index (κ2) is 7.59. The average Bonchev–Trinajstić information content (AvgIpc) is 2.19. The minimum Gasteiger partial charge on any atom is -0.459 e. The van der Waals surface area contributed by atoms with Crippen molar-refractivity contribution in [3.63, 3.8) is 0 Å². The Morgan fingerprint density at radius 2 is 1.65 bits per heavy atom. The van der Waals surface area contributed by atoms with Gasteiger partial charge in [0.25, 0.3) is 0 Å². The molecule has 118 valence electrons. The lowest BCUT2D eigenvalue weighted by Crippen LogP contribution is -2.37. The van der Waals surface area contributed by atoms with Crippen LogP contribution in [0, 0.1) is 5.41 Å². The first-order chi connectivity index (χ1) is 8.92. The predicted molar refractivity (Wildman–Crippen MR) is 76.9 cm³/mol. The molecule has 0 aromatic heterocycles. The van der Waals surface area contributed by atoms with E-state index in [0.29, 0.717) is 13.1 Å². The van der Waals surface area contributed by atoms with Crippen molar-refractivity contribution in [3.8, 4) is 0 Å². The first-order valence-electron chi connectivity index (χ1n) is 6.76. The molecule has 0 saturated carbocycles. The molecule has 0 atom stereocenters. The lowest BCUT2D eigenvalue weighted by atomic mass is 9.98. The molecule has 0 aromatic carbocycles. The zero-order valence-corrected chi connectivity index (χ0v) is 13.7. The molecule has 0 bridgehead atoms. The van der Waals surface area contributed by atoms with Crippen molar-refractivity contribution >= 4 is 11.9 Å². The minimum atomic E-state index is -0.532.